The van der Waals surface area contributed by atoms with E-state index in [0.29, 0.717) is 0 Å². The lowest BCUT2D eigenvalue weighted by atomic mass is 10.0. The summed E-state index contributed by atoms with van der Waals surface area (Å²) in [6, 6.07) is 8.62. The summed E-state index contributed by atoms with van der Waals surface area (Å²) in [5, 5.41) is 6.85. The number of hydrogen-bond donors (Lipinski definition) is 2. The Morgan fingerprint density at radius 3 is 2.56 bits per heavy atom. The third-order valence-corrected chi connectivity index (χ3v) is 4.50. The molecule has 0 aliphatic carbocycles. The maximum absolute atomic E-state index is 5.52. The van der Waals surface area contributed by atoms with Gasteiger partial charge in [0.2, 0.25) is 0 Å². The van der Waals surface area contributed by atoms with Crippen LogP contribution in [0, 0.1) is 0 Å². The third-order valence-electron chi connectivity index (χ3n) is 4.50. The van der Waals surface area contributed by atoms with Gasteiger partial charge < -0.3 is 20.1 Å². The molecule has 1 aliphatic rings. The van der Waals surface area contributed by atoms with Gasteiger partial charge in [-0.3, -0.25) is 9.89 Å². The minimum absolute atomic E-state index is 0.277. The minimum atomic E-state index is 0.277. The first-order valence-electron chi connectivity index (χ1n) is 9.18. The molecule has 25 heavy (non-hydrogen) atoms. The second kappa shape index (κ2) is 10.9. The van der Waals surface area contributed by atoms with Gasteiger partial charge in [0.1, 0.15) is 5.75 Å². The second-order valence-electron chi connectivity index (χ2n) is 6.17. The van der Waals surface area contributed by atoms with Crippen molar-refractivity contribution in [1.29, 1.82) is 0 Å². The third kappa shape index (κ3) is 6.21. The molecule has 0 saturated carbocycles. The van der Waals surface area contributed by atoms with Gasteiger partial charge in [0.15, 0.2) is 5.96 Å². The van der Waals surface area contributed by atoms with Crippen LogP contribution in [0.15, 0.2) is 29.3 Å². The van der Waals surface area contributed by atoms with E-state index in [1.54, 1.807) is 7.11 Å². The Labute approximate surface area is 151 Å². The molecule has 0 radical (unpaired) electrons. The van der Waals surface area contributed by atoms with E-state index in [9.17, 15) is 0 Å². The molecule has 0 bridgehead atoms. The molecular formula is C19H32N4O2. The number of benzene rings is 1. The quantitative estimate of drug-likeness (QED) is 0.428. The summed E-state index contributed by atoms with van der Waals surface area (Å²) in [5.74, 6) is 1.75. The van der Waals surface area contributed by atoms with Crippen molar-refractivity contribution in [3.63, 3.8) is 0 Å². The smallest absolute Gasteiger partial charge is 0.191 e. The van der Waals surface area contributed by atoms with Gasteiger partial charge in [-0.15, -0.1) is 0 Å². The lowest BCUT2D eigenvalue weighted by molar-refractivity contribution is 0.0170. The highest BCUT2D eigenvalue weighted by atomic mass is 16.5. The molecule has 2 rings (SSSR count). The van der Waals surface area contributed by atoms with E-state index in [0.717, 1.165) is 57.5 Å². The Bertz CT molecular complexity index is 513. The molecule has 1 fully saturated rings. The first-order chi connectivity index (χ1) is 12.3. The zero-order valence-electron chi connectivity index (χ0n) is 15.8. The van der Waals surface area contributed by atoms with Crippen LogP contribution in [0.25, 0.3) is 0 Å². The summed E-state index contributed by atoms with van der Waals surface area (Å²) in [6.45, 7) is 7.40. The van der Waals surface area contributed by atoms with Crippen molar-refractivity contribution in [2.24, 2.45) is 4.99 Å². The maximum Gasteiger partial charge on any atom is 0.191 e. The Hall–Kier alpha value is -1.79. The van der Waals surface area contributed by atoms with Crippen LogP contribution in [0.3, 0.4) is 0 Å². The highest BCUT2D eigenvalue weighted by molar-refractivity contribution is 5.79. The summed E-state index contributed by atoms with van der Waals surface area (Å²) in [5.41, 5.74) is 1.28. The van der Waals surface area contributed by atoms with Crippen LogP contribution in [0.4, 0.5) is 0 Å². The SMILES string of the molecule is CCCCNC(=NC)NCC(c1ccc(OC)cc1)N1CCOCC1. The summed E-state index contributed by atoms with van der Waals surface area (Å²) < 4.78 is 10.8. The van der Waals surface area contributed by atoms with Gasteiger partial charge >= 0.3 is 0 Å². The van der Waals surface area contributed by atoms with Gasteiger partial charge in [-0.2, -0.15) is 0 Å². The van der Waals surface area contributed by atoms with E-state index in [1.807, 2.05) is 19.2 Å². The molecule has 6 heteroatoms. The van der Waals surface area contributed by atoms with Crippen LogP contribution < -0.4 is 15.4 Å². The number of unbranched alkanes of at least 4 members (excludes halogenated alkanes) is 1. The predicted octanol–water partition coefficient (Wildman–Crippen LogP) is 2.03. The number of guanidine groups is 1. The molecular weight excluding hydrogens is 316 g/mol. The average Bonchev–Trinajstić information content (AvgIpc) is 2.68. The highest BCUT2D eigenvalue weighted by Crippen LogP contribution is 2.23. The Morgan fingerprint density at radius 2 is 1.96 bits per heavy atom. The van der Waals surface area contributed by atoms with Gasteiger partial charge in [0, 0.05) is 33.2 Å². The number of hydrogen-bond acceptors (Lipinski definition) is 4. The van der Waals surface area contributed by atoms with Crippen LogP contribution in [0.2, 0.25) is 0 Å². The van der Waals surface area contributed by atoms with Crippen molar-refractivity contribution >= 4 is 5.96 Å². The van der Waals surface area contributed by atoms with E-state index in [1.165, 1.54) is 12.0 Å². The van der Waals surface area contributed by atoms with E-state index in [-0.39, 0.29) is 6.04 Å². The number of methoxy groups -OCH3 is 1. The molecule has 0 amide bonds. The summed E-state index contributed by atoms with van der Waals surface area (Å²) in [4.78, 5) is 6.80. The summed E-state index contributed by atoms with van der Waals surface area (Å²) >= 11 is 0. The van der Waals surface area contributed by atoms with Crippen molar-refractivity contribution in [2.45, 2.75) is 25.8 Å². The molecule has 1 heterocycles. The monoisotopic (exact) mass is 348 g/mol. The number of morpholine rings is 1. The second-order valence-corrected chi connectivity index (χ2v) is 6.17. The first-order valence-corrected chi connectivity index (χ1v) is 9.18. The molecule has 0 spiro atoms. The number of aliphatic imine (C=N–C) groups is 1. The Morgan fingerprint density at radius 1 is 1.24 bits per heavy atom. The highest BCUT2D eigenvalue weighted by Gasteiger charge is 2.23. The van der Waals surface area contributed by atoms with E-state index in [2.05, 4.69) is 39.6 Å². The maximum atomic E-state index is 5.52. The summed E-state index contributed by atoms with van der Waals surface area (Å²) in [7, 11) is 3.51. The van der Waals surface area contributed by atoms with Crippen molar-refractivity contribution in [2.75, 3.05) is 53.6 Å². The first kappa shape index (κ1) is 19.5. The van der Waals surface area contributed by atoms with Crippen molar-refractivity contribution in [3.8, 4) is 5.75 Å². The molecule has 1 saturated heterocycles. The van der Waals surface area contributed by atoms with Gasteiger partial charge in [-0.05, 0) is 24.1 Å². The molecule has 1 atom stereocenters. The van der Waals surface area contributed by atoms with E-state index >= 15 is 0 Å². The van der Waals surface area contributed by atoms with E-state index in [4.69, 9.17) is 9.47 Å². The number of ether oxygens (including phenoxy) is 2. The van der Waals surface area contributed by atoms with Gasteiger partial charge in [-0.1, -0.05) is 25.5 Å². The average molecular weight is 348 g/mol. The Kier molecular flexibility index (Phi) is 8.55. The van der Waals surface area contributed by atoms with E-state index < -0.39 is 0 Å². The summed E-state index contributed by atoms with van der Waals surface area (Å²) in [6.07, 6.45) is 2.32. The fraction of sp³-hybridized carbons (Fsp3) is 0.632. The predicted molar refractivity (Wildman–Crippen MR) is 102 cm³/mol. The van der Waals surface area contributed by atoms with Crippen LogP contribution in [0.5, 0.6) is 5.75 Å². The molecule has 140 valence electrons. The molecule has 1 aromatic carbocycles. The zero-order chi connectivity index (χ0) is 17.9. The lowest BCUT2D eigenvalue weighted by Gasteiger charge is -2.35. The number of nitrogens with one attached hydrogen (secondary N) is 2. The Balaban J connectivity index is 2.02. The fourth-order valence-corrected chi connectivity index (χ4v) is 2.97. The van der Waals surface area contributed by atoms with Crippen molar-refractivity contribution < 1.29 is 9.47 Å². The molecule has 2 N–H and O–H groups in total. The molecule has 1 aliphatic heterocycles. The van der Waals surface area contributed by atoms with Gasteiger partial charge in [-0.25, -0.2) is 0 Å². The minimum Gasteiger partial charge on any atom is -0.497 e. The normalized spacial score (nSPS) is 17.2. The van der Waals surface area contributed by atoms with Crippen LogP contribution in [-0.4, -0.2) is 64.4 Å². The lowest BCUT2D eigenvalue weighted by Crippen LogP contribution is -2.46. The zero-order valence-corrected chi connectivity index (χ0v) is 15.8. The molecule has 6 nitrogen and oxygen atoms in total. The van der Waals surface area contributed by atoms with Crippen molar-refractivity contribution in [1.82, 2.24) is 15.5 Å². The van der Waals surface area contributed by atoms with Gasteiger partial charge in [0.05, 0.1) is 26.4 Å². The van der Waals surface area contributed by atoms with Crippen LogP contribution in [-0.2, 0) is 4.74 Å². The largest absolute Gasteiger partial charge is 0.497 e. The van der Waals surface area contributed by atoms with Crippen LogP contribution >= 0.6 is 0 Å². The molecule has 0 aromatic heterocycles. The standard InChI is InChI=1S/C19H32N4O2/c1-4-5-10-21-19(20-2)22-15-18(23-11-13-25-14-12-23)16-6-8-17(24-3)9-7-16/h6-9,18H,4-5,10-15H2,1-3H3,(H2,20,21,22). The van der Waals surface area contributed by atoms with Crippen molar-refractivity contribution in [3.05, 3.63) is 29.8 Å². The molecule has 1 unspecified atom stereocenters. The fourth-order valence-electron chi connectivity index (χ4n) is 2.97. The molecule has 1 aromatic rings. The topological polar surface area (TPSA) is 58.1 Å². The number of nitrogens with zero attached hydrogens (tertiary/aromatic N) is 2. The van der Waals surface area contributed by atoms with Gasteiger partial charge in [0.25, 0.3) is 0 Å². The van der Waals surface area contributed by atoms with Crippen LogP contribution in [0.1, 0.15) is 31.4 Å². The number of rotatable bonds is 8.